The van der Waals surface area contributed by atoms with Gasteiger partial charge in [-0.25, -0.2) is 22.8 Å². The molecule has 5 unspecified atom stereocenters. The van der Waals surface area contributed by atoms with E-state index in [4.69, 9.17) is 4.74 Å². The Morgan fingerprint density at radius 1 is 1.10 bits per heavy atom. The molecule has 2 aliphatic carbocycles. The van der Waals surface area contributed by atoms with Gasteiger partial charge in [-0.1, -0.05) is 31.1 Å². The number of sulfonamides is 1. The number of aromatic nitrogens is 4. The van der Waals surface area contributed by atoms with E-state index in [1.54, 1.807) is 20.0 Å². The summed E-state index contributed by atoms with van der Waals surface area (Å²) in [6.07, 6.45) is 8.59. The Morgan fingerprint density at radius 3 is 2.65 bits per heavy atom. The van der Waals surface area contributed by atoms with Crippen molar-refractivity contribution >= 4 is 44.7 Å². The highest BCUT2D eigenvalue weighted by molar-refractivity contribution is 7.91. The first-order valence-corrected chi connectivity index (χ1v) is 19.1. The average molecular weight is 737 g/mol. The van der Waals surface area contributed by atoms with E-state index < -0.39 is 74.4 Å². The zero-order chi connectivity index (χ0) is 36.8. The molecule has 17 heteroatoms. The third-order valence-corrected chi connectivity index (χ3v) is 12.1. The Bertz CT molecular complexity index is 2070. The molecule has 4 amide bonds. The van der Waals surface area contributed by atoms with Crippen LogP contribution in [0.5, 0.6) is 5.88 Å². The van der Waals surface area contributed by atoms with Gasteiger partial charge in [0.2, 0.25) is 27.7 Å². The Morgan fingerprint density at radius 2 is 1.90 bits per heavy atom. The molecule has 1 aromatic carbocycles. The summed E-state index contributed by atoms with van der Waals surface area (Å²) in [5.41, 5.74) is -0.568. The quantitative estimate of drug-likeness (QED) is 0.302. The average Bonchev–Trinajstić information content (AvgIpc) is 3.99. The Hall–Kier alpha value is -4.93. The Kier molecular flexibility index (Phi) is 9.48. The SMILES string of the molecule is Cc1nc2cccc(F)c2nc1OC1CC2C(=O)NC3(C(=O)NS(=O)(=O)C4CC4)CC3C=CCCCCCC(NC(=O)c3ccnn3C)C(=O)N2C1. The van der Waals surface area contributed by atoms with Crippen LogP contribution < -0.4 is 20.1 Å². The van der Waals surface area contributed by atoms with Gasteiger partial charge in [0.05, 0.1) is 17.3 Å². The Balaban J connectivity index is 1.20. The van der Waals surface area contributed by atoms with Gasteiger partial charge in [-0.3, -0.25) is 28.6 Å². The summed E-state index contributed by atoms with van der Waals surface area (Å²) in [6, 6.07) is 3.76. The number of aryl methyl sites for hydroxylation is 2. The van der Waals surface area contributed by atoms with Crippen LogP contribution in [0.25, 0.3) is 11.0 Å². The maximum Gasteiger partial charge on any atom is 0.270 e. The van der Waals surface area contributed by atoms with E-state index >= 15 is 0 Å². The third-order valence-electron chi connectivity index (χ3n) is 10.3. The number of amides is 4. The van der Waals surface area contributed by atoms with Crippen molar-refractivity contribution in [1.82, 2.24) is 40.0 Å². The molecule has 1 saturated heterocycles. The molecular weight excluding hydrogens is 695 g/mol. The van der Waals surface area contributed by atoms with Gasteiger partial charge in [0.1, 0.15) is 40.6 Å². The van der Waals surface area contributed by atoms with Crippen molar-refractivity contribution < 1.29 is 36.7 Å². The number of hydrogen-bond acceptors (Lipinski definition) is 10. The van der Waals surface area contributed by atoms with Gasteiger partial charge >= 0.3 is 0 Å². The normalized spacial score (nSPS) is 26.8. The molecule has 4 aliphatic rings. The van der Waals surface area contributed by atoms with E-state index in [-0.39, 0.29) is 36.5 Å². The molecule has 0 spiro atoms. The van der Waals surface area contributed by atoms with E-state index in [1.165, 1.54) is 34.0 Å². The number of nitrogens with zero attached hydrogens (tertiary/aromatic N) is 5. The monoisotopic (exact) mass is 736 g/mol. The number of allylic oxidation sites excluding steroid dienone is 1. The lowest BCUT2D eigenvalue weighted by Gasteiger charge is -2.30. The number of hydrogen-bond donors (Lipinski definition) is 3. The Labute approximate surface area is 299 Å². The first kappa shape index (κ1) is 35.5. The number of nitrogens with one attached hydrogen (secondary N) is 3. The molecular formula is C35H41FN8O7S. The van der Waals surface area contributed by atoms with Crippen molar-refractivity contribution in [2.75, 3.05) is 6.54 Å². The number of ether oxygens (including phenoxy) is 1. The van der Waals surface area contributed by atoms with Crippen LogP contribution >= 0.6 is 0 Å². The molecule has 7 rings (SSSR count). The summed E-state index contributed by atoms with van der Waals surface area (Å²) >= 11 is 0. The lowest BCUT2D eigenvalue weighted by Crippen LogP contribution is -2.58. The van der Waals surface area contributed by atoms with Gasteiger partial charge in [0, 0.05) is 25.6 Å². The summed E-state index contributed by atoms with van der Waals surface area (Å²) in [5.74, 6) is -3.53. The maximum atomic E-state index is 14.7. The van der Waals surface area contributed by atoms with Gasteiger partial charge in [-0.15, -0.1) is 0 Å². The third kappa shape index (κ3) is 7.10. The predicted octanol–water partition coefficient (Wildman–Crippen LogP) is 1.96. The fourth-order valence-electron chi connectivity index (χ4n) is 7.06. The summed E-state index contributed by atoms with van der Waals surface area (Å²) in [7, 11) is -2.30. The minimum absolute atomic E-state index is 0.00429. The molecule has 3 fully saturated rings. The lowest BCUT2D eigenvalue weighted by molar-refractivity contribution is -0.141. The van der Waals surface area contributed by atoms with E-state index in [1.807, 2.05) is 12.2 Å². The highest BCUT2D eigenvalue weighted by atomic mass is 32.2. The standard InChI is InChI=1S/C35H41FN8O7S/c1-20-32(40-29-24(36)10-8-12-25(29)38-20)51-22-17-28-31(46)41-35(34(48)42-52(49,50)23-13-14-23)18-21(35)9-6-4-3-5-7-11-26(33(47)44(28)19-22)39-30(45)27-15-16-37-43(27)2/h6,8-10,12,15-16,21-23,26,28H,3-5,7,11,13-14,17-19H2,1-2H3,(H,39,45)(H,41,46)(H,42,48). The zero-order valence-corrected chi connectivity index (χ0v) is 29.7. The summed E-state index contributed by atoms with van der Waals surface area (Å²) in [6.45, 7) is 1.56. The van der Waals surface area contributed by atoms with Crippen LogP contribution in [0.15, 0.2) is 42.6 Å². The molecule has 2 saturated carbocycles. The molecule has 2 aromatic heterocycles. The molecule has 276 valence electrons. The van der Waals surface area contributed by atoms with E-state index in [2.05, 4.69) is 30.4 Å². The van der Waals surface area contributed by atoms with E-state index in [0.29, 0.717) is 43.3 Å². The van der Waals surface area contributed by atoms with Crippen LogP contribution in [0.2, 0.25) is 0 Å². The predicted molar refractivity (Wildman–Crippen MR) is 185 cm³/mol. The van der Waals surface area contributed by atoms with Crippen LogP contribution in [0, 0.1) is 18.7 Å². The number of fused-ring (bicyclic) bond motifs is 3. The number of benzene rings is 1. The van der Waals surface area contributed by atoms with Gasteiger partial charge in [-0.05, 0) is 63.6 Å². The highest BCUT2D eigenvalue weighted by Crippen LogP contribution is 2.46. The fraction of sp³-hybridized carbons (Fsp3) is 0.514. The second kappa shape index (κ2) is 13.9. The van der Waals surface area contributed by atoms with Gasteiger partial charge < -0.3 is 20.3 Å². The molecule has 3 aromatic rings. The van der Waals surface area contributed by atoms with Gasteiger partial charge in [0.15, 0.2) is 5.82 Å². The maximum absolute atomic E-state index is 14.7. The topological polar surface area (TPSA) is 195 Å². The molecule has 5 atom stereocenters. The fourth-order valence-corrected chi connectivity index (χ4v) is 8.43. The molecule has 0 radical (unpaired) electrons. The minimum Gasteiger partial charge on any atom is -0.471 e. The van der Waals surface area contributed by atoms with Gasteiger partial charge in [0.25, 0.3) is 11.8 Å². The number of carbonyl (C=O) groups excluding carboxylic acids is 4. The minimum atomic E-state index is -3.91. The lowest BCUT2D eigenvalue weighted by atomic mass is 10.0. The molecule has 3 N–H and O–H groups in total. The molecule has 4 heterocycles. The van der Waals surface area contributed by atoms with Crippen LogP contribution in [0.1, 0.15) is 74.0 Å². The van der Waals surface area contributed by atoms with Crippen molar-refractivity contribution in [2.24, 2.45) is 13.0 Å². The zero-order valence-electron chi connectivity index (χ0n) is 28.9. The van der Waals surface area contributed by atoms with Crippen LogP contribution in [-0.2, 0) is 31.5 Å². The van der Waals surface area contributed by atoms with Crippen molar-refractivity contribution in [3.63, 3.8) is 0 Å². The van der Waals surface area contributed by atoms with E-state index in [9.17, 15) is 32.0 Å². The second-order valence-electron chi connectivity index (χ2n) is 14.1. The molecule has 0 bridgehead atoms. The molecule has 15 nitrogen and oxygen atoms in total. The second-order valence-corrected chi connectivity index (χ2v) is 16.0. The van der Waals surface area contributed by atoms with Crippen molar-refractivity contribution in [3.05, 3.63) is 59.8 Å². The molecule has 52 heavy (non-hydrogen) atoms. The van der Waals surface area contributed by atoms with E-state index in [0.717, 1.165) is 12.8 Å². The smallest absolute Gasteiger partial charge is 0.270 e. The van der Waals surface area contributed by atoms with Crippen LogP contribution in [-0.4, -0.2) is 92.2 Å². The summed E-state index contributed by atoms with van der Waals surface area (Å²) in [4.78, 5) is 65.9. The first-order chi connectivity index (χ1) is 24.9. The highest BCUT2D eigenvalue weighted by Gasteiger charge is 2.62. The van der Waals surface area contributed by atoms with Crippen molar-refractivity contribution in [1.29, 1.82) is 0 Å². The van der Waals surface area contributed by atoms with Crippen molar-refractivity contribution in [3.8, 4) is 5.88 Å². The largest absolute Gasteiger partial charge is 0.471 e. The van der Waals surface area contributed by atoms with Crippen molar-refractivity contribution in [2.45, 2.75) is 93.7 Å². The number of carbonyl (C=O) groups is 4. The summed E-state index contributed by atoms with van der Waals surface area (Å²) in [5, 5.41) is 9.08. The van der Waals surface area contributed by atoms with Crippen LogP contribution in [0.3, 0.4) is 0 Å². The van der Waals surface area contributed by atoms with Crippen LogP contribution in [0.4, 0.5) is 4.39 Å². The first-order valence-electron chi connectivity index (χ1n) is 17.6. The number of para-hydroxylation sites is 1. The van der Waals surface area contributed by atoms with Gasteiger partial charge in [-0.2, -0.15) is 5.10 Å². The summed E-state index contributed by atoms with van der Waals surface area (Å²) < 4.78 is 50.0. The number of rotatable bonds is 7. The molecule has 2 aliphatic heterocycles. The number of halogens is 1.